The van der Waals surface area contributed by atoms with Crippen LogP contribution in [0.1, 0.15) is 60.3 Å². The van der Waals surface area contributed by atoms with Crippen molar-refractivity contribution < 1.29 is 4.79 Å². The second-order valence-corrected chi connectivity index (χ2v) is 6.70. The van der Waals surface area contributed by atoms with Crippen molar-refractivity contribution in [2.24, 2.45) is 0 Å². The van der Waals surface area contributed by atoms with E-state index in [9.17, 15) is 4.79 Å². The third kappa shape index (κ3) is 4.48. The summed E-state index contributed by atoms with van der Waals surface area (Å²) in [5, 5.41) is 10.0. The summed E-state index contributed by atoms with van der Waals surface area (Å²) in [5.74, 6) is -0.0404. The molecule has 5 heteroatoms. The van der Waals surface area contributed by atoms with E-state index in [1.807, 2.05) is 13.0 Å². The zero-order valence-corrected chi connectivity index (χ0v) is 15.0. The number of rotatable bonds is 6. The van der Waals surface area contributed by atoms with Gasteiger partial charge in [0.15, 0.2) is 0 Å². The number of nitrogens with one attached hydrogen (secondary N) is 2. The van der Waals surface area contributed by atoms with Crippen LogP contribution in [0.3, 0.4) is 0 Å². The molecule has 1 fully saturated rings. The number of carbonyl (C=O) groups excluding carboxylic acids is 1. The third-order valence-corrected chi connectivity index (χ3v) is 5.04. The maximum absolute atomic E-state index is 12.6. The predicted molar refractivity (Wildman–Crippen MR) is 99.5 cm³/mol. The number of benzene rings is 1. The monoisotopic (exact) mass is 340 g/mol. The number of H-pyrrole nitrogens is 1. The lowest BCUT2D eigenvalue weighted by molar-refractivity contribution is 0.0932. The highest BCUT2D eigenvalue weighted by molar-refractivity contribution is 5.95. The van der Waals surface area contributed by atoms with Crippen LogP contribution in [-0.2, 0) is 6.42 Å². The van der Waals surface area contributed by atoms with Crippen molar-refractivity contribution in [1.29, 1.82) is 0 Å². The minimum Gasteiger partial charge on any atom is -0.350 e. The van der Waals surface area contributed by atoms with Crippen molar-refractivity contribution in [2.75, 3.05) is 19.6 Å². The van der Waals surface area contributed by atoms with Crippen molar-refractivity contribution in [2.45, 2.75) is 45.1 Å². The molecule has 0 radical (unpaired) electrons. The SMILES string of the molecule is CCc1[nH]ncc1C(=O)NC[C@H](c1ccccc1)N1CCCCCC1. The Balaban J connectivity index is 1.72. The van der Waals surface area contributed by atoms with Crippen molar-refractivity contribution in [3.8, 4) is 0 Å². The summed E-state index contributed by atoms with van der Waals surface area (Å²) in [5.41, 5.74) is 2.82. The molecule has 0 aliphatic carbocycles. The van der Waals surface area contributed by atoms with Crippen LogP contribution in [0.25, 0.3) is 0 Å². The molecule has 134 valence electrons. The molecule has 5 nitrogen and oxygen atoms in total. The van der Waals surface area contributed by atoms with Crippen LogP contribution < -0.4 is 5.32 Å². The summed E-state index contributed by atoms with van der Waals surface area (Å²) in [6.45, 7) is 4.84. The molecule has 1 aliphatic rings. The smallest absolute Gasteiger partial charge is 0.254 e. The van der Waals surface area contributed by atoms with E-state index in [4.69, 9.17) is 0 Å². The number of hydrogen-bond acceptors (Lipinski definition) is 3. The molecular weight excluding hydrogens is 312 g/mol. The van der Waals surface area contributed by atoms with E-state index in [-0.39, 0.29) is 11.9 Å². The van der Waals surface area contributed by atoms with Gasteiger partial charge in [-0.1, -0.05) is 50.1 Å². The first-order valence-electron chi connectivity index (χ1n) is 9.39. The first-order chi connectivity index (χ1) is 12.3. The summed E-state index contributed by atoms with van der Waals surface area (Å²) >= 11 is 0. The highest BCUT2D eigenvalue weighted by Gasteiger charge is 2.23. The Morgan fingerprint density at radius 2 is 1.92 bits per heavy atom. The van der Waals surface area contributed by atoms with Crippen LogP contribution in [0.4, 0.5) is 0 Å². The summed E-state index contributed by atoms with van der Waals surface area (Å²) in [7, 11) is 0. The fourth-order valence-electron chi connectivity index (χ4n) is 3.60. The number of carbonyl (C=O) groups is 1. The molecular formula is C20H28N4O. The first kappa shape index (κ1) is 17.7. The third-order valence-electron chi connectivity index (χ3n) is 5.04. The van der Waals surface area contributed by atoms with Gasteiger partial charge in [-0.25, -0.2) is 0 Å². The molecule has 2 aromatic rings. The van der Waals surface area contributed by atoms with Crippen molar-refractivity contribution >= 4 is 5.91 Å². The summed E-state index contributed by atoms with van der Waals surface area (Å²) in [6, 6.07) is 10.7. The van der Waals surface area contributed by atoms with E-state index in [0.717, 1.165) is 25.2 Å². The molecule has 1 aromatic carbocycles. The quantitative estimate of drug-likeness (QED) is 0.848. The van der Waals surface area contributed by atoms with E-state index in [0.29, 0.717) is 12.1 Å². The van der Waals surface area contributed by atoms with Crippen LogP contribution in [0, 0.1) is 0 Å². The molecule has 0 unspecified atom stereocenters. The van der Waals surface area contributed by atoms with Gasteiger partial charge in [-0.05, 0) is 37.9 Å². The Bertz CT molecular complexity index is 659. The molecule has 1 atom stereocenters. The fourth-order valence-corrected chi connectivity index (χ4v) is 3.60. The molecule has 3 rings (SSSR count). The standard InChI is InChI=1S/C20H28N4O/c1-2-18-17(14-22-23-18)20(25)21-15-19(16-10-6-5-7-11-16)24-12-8-3-4-9-13-24/h5-7,10-11,14,19H,2-4,8-9,12-13,15H2,1H3,(H,21,25)(H,22,23)/t19-/m1/s1. The van der Waals surface area contributed by atoms with E-state index < -0.39 is 0 Å². The van der Waals surface area contributed by atoms with Crippen LogP contribution in [0.2, 0.25) is 0 Å². The highest BCUT2D eigenvalue weighted by Crippen LogP contribution is 2.24. The lowest BCUT2D eigenvalue weighted by Crippen LogP contribution is -2.38. The second-order valence-electron chi connectivity index (χ2n) is 6.70. The number of aromatic amines is 1. The lowest BCUT2D eigenvalue weighted by atomic mass is 10.0. The molecule has 1 aromatic heterocycles. The highest BCUT2D eigenvalue weighted by atomic mass is 16.1. The minimum atomic E-state index is -0.0404. The van der Waals surface area contributed by atoms with Crippen molar-refractivity contribution in [3.05, 3.63) is 53.3 Å². The molecule has 1 saturated heterocycles. The minimum absolute atomic E-state index is 0.0404. The van der Waals surface area contributed by atoms with Gasteiger partial charge in [0, 0.05) is 12.2 Å². The topological polar surface area (TPSA) is 61.0 Å². The van der Waals surface area contributed by atoms with Crippen LogP contribution >= 0.6 is 0 Å². The summed E-state index contributed by atoms with van der Waals surface area (Å²) in [4.78, 5) is 15.1. The fraction of sp³-hybridized carbons (Fsp3) is 0.500. The van der Waals surface area contributed by atoms with Crippen molar-refractivity contribution in [1.82, 2.24) is 20.4 Å². The number of aromatic nitrogens is 2. The molecule has 0 bridgehead atoms. The van der Waals surface area contributed by atoms with Gasteiger partial charge >= 0.3 is 0 Å². The molecule has 1 aliphatic heterocycles. The number of amides is 1. The Morgan fingerprint density at radius 1 is 1.20 bits per heavy atom. The maximum Gasteiger partial charge on any atom is 0.254 e. The molecule has 25 heavy (non-hydrogen) atoms. The average molecular weight is 340 g/mol. The Hall–Kier alpha value is -2.14. The predicted octanol–water partition coefficient (Wildman–Crippen LogP) is 3.32. The van der Waals surface area contributed by atoms with Gasteiger partial charge in [0.05, 0.1) is 17.8 Å². The van der Waals surface area contributed by atoms with Crippen LogP contribution in [-0.4, -0.2) is 40.6 Å². The van der Waals surface area contributed by atoms with Crippen LogP contribution in [0.5, 0.6) is 0 Å². The van der Waals surface area contributed by atoms with Gasteiger partial charge in [0.25, 0.3) is 5.91 Å². The summed E-state index contributed by atoms with van der Waals surface area (Å²) < 4.78 is 0. The molecule has 0 saturated carbocycles. The second kappa shape index (κ2) is 8.81. The molecule has 2 N–H and O–H groups in total. The molecule has 1 amide bonds. The van der Waals surface area contributed by atoms with Crippen LogP contribution in [0.15, 0.2) is 36.5 Å². The maximum atomic E-state index is 12.6. The van der Waals surface area contributed by atoms with Crippen molar-refractivity contribution in [3.63, 3.8) is 0 Å². The largest absolute Gasteiger partial charge is 0.350 e. The molecule has 0 spiro atoms. The zero-order chi connectivity index (χ0) is 17.5. The van der Waals surface area contributed by atoms with E-state index >= 15 is 0 Å². The number of likely N-dealkylation sites (tertiary alicyclic amines) is 1. The average Bonchev–Trinajstić information content (AvgIpc) is 2.98. The number of hydrogen-bond donors (Lipinski definition) is 2. The van der Waals surface area contributed by atoms with E-state index in [2.05, 4.69) is 44.7 Å². The van der Waals surface area contributed by atoms with Gasteiger partial charge in [-0.3, -0.25) is 14.8 Å². The normalized spacial score (nSPS) is 17.0. The summed E-state index contributed by atoms with van der Waals surface area (Å²) in [6.07, 6.45) is 7.48. The van der Waals surface area contributed by atoms with Gasteiger partial charge in [-0.2, -0.15) is 5.10 Å². The Kier molecular flexibility index (Phi) is 6.23. The van der Waals surface area contributed by atoms with Gasteiger partial charge in [0.2, 0.25) is 0 Å². The lowest BCUT2D eigenvalue weighted by Gasteiger charge is -2.31. The van der Waals surface area contributed by atoms with E-state index in [1.54, 1.807) is 6.20 Å². The van der Waals surface area contributed by atoms with Gasteiger partial charge < -0.3 is 5.32 Å². The van der Waals surface area contributed by atoms with Gasteiger partial charge in [0.1, 0.15) is 0 Å². The molecule has 2 heterocycles. The van der Waals surface area contributed by atoms with Gasteiger partial charge in [-0.15, -0.1) is 0 Å². The number of aryl methyl sites for hydroxylation is 1. The Labute approximate surface area is 149 Å². The zero-order valence-electron chi connectivity index (χ0n) is 15.0. The first-order valence-corrected chi connectivity index (χ1v) is 9.39. The van der Waals surface area contributed by atoms with E-state index in [1.165, 1.54) is 31.2 Å². The number of nitrogens with zero attached hydrogens (tertiary/aromatic N) is 2. The Morgan fingerprint density at radius 3 is 2.60 bits per heavy atom.